The number of fused-ring (bicyclic) bond motifs is 2. The summed E-state index contributed by atoms with van der Waals surface area (Å²) in [6.45, 7) is 3.42. The lowest BCUT2D eigenvalue weighted by molar-refractivity contribution is -0.131. The number of aryl methyl sites for hydroxylation is 1. The fourth-order valence-electron chi connectivity index (χ4n) is 3.68. The molecule has 0 radical (unpaired) electrons. The molecule has 1 aliphatic rings. The smallest absolute Gasteiger partial charge is 0.329 e. The third kappa shape index (κ3) is 3.72. The number of nitrogens with zero attached hydrogens (tertiary/aromatic N) is 3. The lowest BCUT2D eigenvalue weighted by Gasteiger charge is -2.29. The molecular weight excluding hydrogens is 370 g/mol. The van der Waals surface area contributed by atoms with E-state index in [4.69, 9.17) is 9.47 Å². The number of likely N-dealkylation sites (N-methyl/N-ethyl adjacent to an activating group) is 1. The summed E-state index contributed by atoms with van der Waals surface area (Å²) in [5.41, 5.74) is 1.48. The van der Waals surface area contributed by atoms with E-state index in [1.165, 1.54) is 0 Å². The monoisotopic (exact) mass is 395 g/mol. The molecule has 7 nitrogen and oxygen atoms in total. The van der Waals surface area contributed by atoms with Crippen LogP contribution in [0.15, 0.2) is 53.3 Å². The Bertz CT molecular complexity index is 1090. The van der Waals surface area contributed by atoms with Crippen molar-refractivity contribution in [3.05, 3.63) is 59.0 Å². The number of hydrogen-bond donors (Lipinski definition) is 0. The summed E-state index contributed by atoms with van der Waals surface area (Å²) in [6.07, 6.45) is 0.597. The standard InChI is InChI=1S/C22H25N3O4/c1-3-12-24-17-8-4-5-9-18(17)25(22(24)27)14-21(26)23(2)13-16-15-28-19-10-6-7-11-20(19)29-16/h4-11,16H,3,12-15H2,1-2H3/t16-/m1/s1. The minimum atomic E-state index is -0.253. The van der Waals surface area contributed by atoms with Crippen LogP contribution in [0.5, 0.6) is 11.5 Å². The first-order chi connectivity index (χ1) is 14.1. The van der Waals surface area contributed by atoms with Gasteiger partial charge in [0, 0.05) is 13.6 Å². The molecule has 0 saturated heterocycles. The molecule has 29 heavy (non-hydrogen) atoms. The van der Waals surface area contributed by atoms with Crippen LogP contribution in [0.1, 0.15) is 13.3 Å². The number of hydrogen-bond acceptors (Lipinski definition) is 4. The average molecular weight is 395 g/mol. The van der Waals surface area contributed by atoms with Crippen LogP contribution in [-0.4, -0.2) is 46.2 Å². The molecule has 1 aromatic heterocycles. The molecule has 0 bridgehead atoms. The topological polar surface area (TPSA) is 65.7 Å². The van der Waals surface area contributed by atoms with Crippen LogP contribution in [0.3, 0.4) is 0 Å². The Morgan fingerprint density at radius 3 is 2.45 bits per heavy atom. The number of amides is 1. The zero-order valence-corrected chi connectivity index (χ0v) is 16.7. The van der Waals surface area contributed by atoms with Crippen LogP contribution >= 0.6 is 0 Å². The predicted octanol–water partition coefficient (Wildman–Crippen LogP) is 2.51. The molecule has 7 heteroatoms. The zero-order chi connectivity index (χ0) is 20.4. The third-order valence-electron chi connectivity index (χ3n) is 5.14. The van der Waals surface area contributed by atoms with E-state index in [2.05, 4.69) is 0 Å². The first-order valence-corrected chi connectivity index (χ1v) is 9.89. The molecule has 1 amide bonds. The summed E-state index contributed by atoms with van der Waals surface area (Å²) >= 11 is 0. The van der Waals surface area contributed by atoms with Crippen molar-refractivity contribution in [3.8, 4) is 11.5 Å². The van der Waals surface area contributed by atoms with Crippen molar-refractivity contribution in [2.45, 2.75) is 32.5 Å². The molecule has 2 aromatic carbocycles. The molecule has 0 N–H and O–H groups in total. The van der Waals surface area contributed by atoms with Gasteiger partial charge in [-0.2, -0.15) is 0 Å². The lowest BCUT2D eigenvalue weighted by atomic mass is 10.2. The molecule has 0 unspecified atom stereocenters. The number of rotatable bonds is 6. The fraction of sp³-hybridized carbons (Fsp3) is 0.364. The Hall–Kier alpha value is -3.22. The Kier molecular flexibility index (Phi) is 5.29. The van der Waals surface area contributed by atoms with E-state index in [-0.39, 0.29) is 24.2 Å². The van der Waals surface area contributed by atoms with Crippen molar-refractivity contribution in [1.82, 2.24) is 14.0 Å². The van der Waals surface area contributed by atoms with Crippen molar-refractivity contribution in [2.75, 3.05) is 20.2 Å². The van der Waals surface area contributed by atoms with E-state index in [0.717, 1.165) is 17.5 Å². The summed E-state index contributed by atoms with van der Waals surface area (Å²) < 4.78 is 14.9. The van der Waals surface area contributed by atoms with E-state index >= 15 is 0 Å². The SMILES string of the molecule is CCCn1c(=O)n(CC(=O)N(C)C[C@@H]2COc3ccccc3O2)c2ccccc21. The van der Waals surface area contributed by atoms with Crippen LogP contribution in [0.4, 0.5) is 0 Å². The molecular formula is C22H25N3O4. The van der Waals surface area contributed by atoms with E-state index in [0.29, 0.717) is 31.2 Å². The molecule has 3 aromatic rings. The maximum atomic E-state index is 12.9. The van der Waals surface area contributed by atoms with Gasteiger partial charge in [-0.1, -0.05) is 31.2 Å². The van der Waals surface area contributed by atoms with Gasteiger partial charge < -0.3 is 14.4 Å². The number of carbonyl (C=O) groups is 1. The van der Waals surface area contributed by atoms with Crippen molar-refractivity contribution >= 4 is 16.9 Å². The summed E-state index contributed by atoms with van der Waals surface area (Å²) in [5, 5.41) is 0. The molecule has 1 atom stereocenters. The number of imidazole rings is 1. The van der Waals surface area contributed by atoms with Gasteiger partial charge in [0.05, 0.1) is 17.6 Å². The van der Waals surface area contributed by atoms with Gasteiger partial charge in [0.2, 0.25) is 5.91 Å². The van der Waals surface area contributed by atoms with Gasteiger partial charge in [0.15, 0.2) is 17.6 Å². The number of benzene rings is 2. The highest BCUT2D eigenvalue weighted by atomic mass is 16.6. The van der Waals surface area contributed by atoms with Crippen LogP contribution < -0.4 is 15.2 Å². The number of para-hydroxylation sites is 4. The minimum absolute atomic E-state index is 0.00325. The zero-order valence-electron chi connectivity index (χ0n) is 16.7. The summed E-state index contributed by atoms with van der Waals surface area (Å²) in [7, 11) is 1.72. The molecule has 4 rings (SSSR count). The van der Waals surface area contributed by atoms with Crippen LogP contribution in [0.2, 0.25) is 0 Å². The number of carbonyl (C=O) groups excluding carboxylic acids is 1. The van der Waals surface area contributed by atoms with E-state index in [9.17, 15) is 9.59 Å². The van der Waals surface area contributed by atoms with Gasteiger partial charge in [0.1, 0.15) is 13.2 Å². The van der Waals surface area contributed by atoms with Gasteiger partial charge in [-0.3, -0.25) is 13.9 Å². The predicted molar refractivity (Wildman–Crippen MR) is 110 cm³/mol. The van der Waals surface area contributed by atoms with E-state index in [1.54, 1.807) is 21.1 Å². The lowest BCUT2D eigenvalue weighted by Crippen LogP contribution is -2.43. The molecule has 2 heterocycles. The fourth-order valence-corrected chi connectivity index (χ4v) is 3.68. The second kappa shape index (κ2) is 8.03. The average Bonchev–Trinajstić information content (AvgIpc) is 3.00. The molecule has 0 saturated carbocycles. The molecule has 0 fully saturated rings. The molecule has 1 aliphatic heterocycles. The van der Waals surface area contributed by atoms with Crippen molar-refractivity contribution in [1.29, 1.82) is 0 Å². The van der Waals surface area contributed by atoms with Gasteiger partial charge in [-0.15, -0.1) is 0 Å². The minimum Gasteiger partial charge on any atom is -0.486 e. The highest BCUT2D eigenvalue weighted by Gasteiger charge is 2.24. The van der Waals surface area contributed by atoms with E-state index in [1.807, 2.05) is 55.5 Å². The van der Waals surface area contributed by atoms with Gasteiger partial charge in [0.25, 0.3) is 0 Å². The maximum Gasteiger partial charge on any atom is 0.329 e. The van der Waals surface area contributed by atoms with Crippen LogP contribution in [0.25, 0.3) is 11.0 Å². The normalized spacial score (nSPS) is 15.4. The Balaban J connectivity index is 1.48. The molecule has 0 spiro atoms. The Morgan fingerprint density at radius 2 is 1.72 bits per heavy atom. The van der Waals surface area contributed by atoms with E-state index < -0.39 is 0 Å². The highest BCUT2D eigenvalue weighted by molar-refractivity contribution is 5.81. The first kappa shape index (κ1) is 19.1. The quantitative estimate of drug-likeness (QED) is 0.643. The second-order valence-corrected chi connectivity index (χ2v) is 7.28. The summed E-state index contributed by atoms with van der Waals surface area (Å²) in [4.78, 5) is 27.3. The van der Waals surface area contributed by atoms with Gasteiger partial charge in [-0.25, -0.2) is 4.79 Å². The molecule has 152 valence electrons. The van der Waals surface area contributed by atoms with Gasteiger partial charge in [-0.05, 0) is 30.7 Å². The highest BCUT2D eigenvalue weighted by Crippen LogP contribution is 2.30. The number of aromatic nitrogens is 2. The van der Waals surface area contributed by atoms with Crippen LogP contribution in [-0.2, 0) is 17.9 Å². The largest absolute Gasteiger partial charge is 0.486 e. The third-order valence-corrected chi connectivity index (χ3v) is 5.14. The Morgan fingerprint density at radius 1 is 1.07 bits per heavy atom. The van der Waals surface area contributed by atoms with Crippen molar-refractivity contribution < 1.29 is 14.3 Å². The second-order valence-electron chi connectivity index (χ2n) is 7.28. The molecule has 0 aliphatic carbocycles. The Labute approximate surface area is 169 Å². The summed E-state index contributed by atoms with van der Waals surface area (Å²) in [5.74, 6) is 1.26. The van der Waals surface area contributed by atoms with Gasteiger partial charge >= 0.3 is 5.69 Å². The van der Waals surface area contributed by atoms with Crippen LogP contribution in [0, 0.1) is 0 Å². The first-order valence-electron chi connectivity index (χ1n) is 9.89. The summed E-state index contributed by atoms with van der Waals surface area (Å²) in [6, 6.07) is 15.1. The maximum absolute atomic E-state index is 12.9. The number of ether oxygens (including phenoxy) is 2. The van der Waals surface area contributed by atoms with Crippen molar-refractivity contribution in [3.63, 3.8) is 0 Å². The van der Waals surface area contributed by atoms with Crippen molar-refractivity contribution in [2.24, 2.45) is 0 Å².